The second kappa shape index (κ2) is 7.08. The predicted octanol–water partition coefficient (Wildman–Crippen LogP) is 2.02. The summed E-state index contributed by atoms with van der Waals surface area (Å²) in [7, 11) is -3.10. The van der Waals surface area contributed by atoms with E-state index in [2.05, 4.69) is 0 Å². The van der Waals surface area contributed by atoms with Crippen LogP contribution in [0.2, 0.25) is 0 Å². The fourth-order valence-electron chi connectivity index (χ4n) is 2.72. The highest BCUT2D eigenvalue weighted by Gasteiger charge is 2.34. The van der Waals surface area contributed by atoms with Crippen LogP contribution in [0.25, 0.3) is 0 Å². The summed E-state index contributed by atoms with van der Waals surface area (Å²) >= 11 is 0. The van der Waals surface area contributed by atoms with Crippen molar-refractivity contribution < 1.29 is 18.1 Å². The fourth-order valence-corrected chi connectivity index (χ4v) is 4.45. The van der Waals surface area contributed by atoms with Crippen molar-refractivity contribution in [1.29, 1.82) is 0 Å². The summed E-state index contributed by atoms with van der Waals surface area (Å²) in [5.41, 5.74) is 0.0740. The van der Waals surface area contributed by atoms with E-state index in [1.165, 1.54) is 24.3 Å². The first-order valence-corrected chi connectivity index (χ1v) is 9.42. The number of nitro groups is 1. The van der Waals surface area contributed by atoms with Gasteiger partial charge in [0.15, 0.2) is 9.84 Å². The molecule has 1 saturated heterocycles. The minimum absolute atomic E-state index is 0.0304. The highest BCUT2D eigenvalue weighted by Crippen LogP contribution is 2.22. The number of amides is 1. The van der Waals surface area contributed by atoms with Gasteiger partial charge < -0.3 is 4.90 Å². The number of hydrogen-bond donors (Lipinski definition) is 0. The number of hydrogen-bond acceptors (Lipinski definition) is 5. The molecule has 0 N–H and O–H groups in total. The van der Waals surface area contributed by atoms with Crippen LogP contribution in [0.4, 0.5) is 5.69 Å². The third-order valence-electron chi connectivity index (χ3n) is 3.97. The van der Waals surface area contributed by atoms with Crippen molar-refractivity contribution in [3.63, 3.8) is 0 Å². The molecule has 1 atom stereocenters. The van der Waals surface area contributed by atoms with Crippen molar-refractivity contribution in [2.45, 2.75) is 32.2 Å². The zero-order chi connectivity index (χ0) is 17.0. The number of rotatable bonds is 6. The first-order chi connectivity index (χ1) is 10.8. The SMILES string of the molecule is CCCCN(C(=O)c1cccc([N+](=O)[O-])c1)C1CCS(=O)(=O)C1. The Bertz CT molecular complexity index is 702. The maximum Gasteiger partial charge on any atom is 0.270 e. The molecule has 0 radical (unpaired) electrons. The van der Waals surface area contributed by atoms with Crippen molar-refractivity contribution in [2.24, 2.45) is 0 Å². The molecule has 1 heterocycles. The molecule has 0 bridgehead atoms. The summed E-state index contributed by atoms with van der Waals surface area (Å²) < 4.78 is 23.4. The molecule has 0 saturated carbocycles. The first kappa shape index (κ1) is 17.4. The minimum atomic E-state index is -3.10. The second-order valence-corrected chi connectivity index (χ2v) is 7.95. The minimum Gasteiger partial charge on any atom is -0.335 e. The zero-order valence-corrected chi connectivity index (χ0v) is 13.8. The Morgan fingerprint density at radius 1 is 1.43 bits per heavy atom. The lowest BCUT2D eigenvalue weighted by atomic mass is 10.1. The number of non-ortho nitro benzene ring substituents is 1. The van der Waals surface area contributed by atoms with Crippen LogP contribution in [0, 0.1) is 10.1 Å². The lowest BCUT2D eigenvalue weighted by molar-refractivity contribution is -0.384. The number of benzene rings is 1. The molecule has 1 aliphatic rings. The highest BCUT2D eigenvalue weighted by molar-refractivity contribution is 7.91. The maximum atomic E-state index is 12.7. The van der Waals surface area contributed by atoms with E-state index in [1.54, 1.807) is 4.90 Å². The van der Waals surface area contributed by atoms with Crippen molar-refractivity contribution >= 4 is 21.4 Å². The molecule has 7 nitrogen and oxygen atoms in total. The quantitative estimate of drug-likeness (QED) is 0.583. The number of nitrogens with zero attached hydrogens (tertiary/aromatic N) is 2. The number of carbonyl (C=O) groups excluding carboxylic acids is 1. The average Bonchev–Trinajstić information content (AvgIpc) is 2.87. The summed E-state index contributed by atoms with van der Waals surface area (Å²) in [5, 5.41) is 10.9. The van der Waals surface area contributed by atoms with E-state index in [0.29, 0.717) is 13.0 Å². The highest BCUT2D eigenvalue weighted by atomic mass is 32.2. The largest absolute Gasteiger partial charge is 0.335 e. The Balaban J connectivity index is 2.26. The standard InChI is InChI=1S/C15H20N2O5S/c1-2-3-8-16(14-7-9-23(21,22)11-14)15(18)12-5-4-6-13(10-12)17(19)20/h4-6,10,14H,2-3,7-9,11H2,1H3. The maximum absolute atomic E-state index is 12.7. The van der Waals surface area contributed by atoms with Crippen molar-refractivity contribution in [1.82, 2.24) is 4.90 Å². The van der Waals surface area contributed by atoms with Crippen LogP contribution < -0.4 is 0 Å². The normalized spacial score (nSPS) is 19.4. The second-order valence-electron chi connectivity index (χ2n) is 5.72. The van der Waals surface area contributed by atoms with Crippen LogP contribution in [0.5, 0.6) is 0 Å². The van der Waals surface area contributed by atoms with Gasteiger partial charge >= 0.3 is 0 Å². The van der Waals surface area contributed by atoms with Crippen LogP contribution >= 0.6 is 0 Å². The average molecular weight is 340 g/mol. The van der Waals surface area contributed by atoms with E-state index in [-0.39, 0.29) is 34.7 Å². The van der Waals surface area contributed by atoms with E-state index in [1.807, 2.05) is 6.92 Å². The van der Waals surface area contributed by atoms with E-state index < -0.39 is 14.8 Å². The van der Waals surface area contributed by atoms with Gasteiger partial charge in [0.2, 0.25) is 0 Å². The Hall–Kier alpha value is -1.96. The molecule has 1 amide bonds. The Kier molecular flexibility index (Phi) is 5.35. The Morgan fingerprint density at radius 2 is 2.17 bits per heavy atom. The van der Waals surface area contributed by atoms with Gasteiger partial charge in [-0.25, -0.2) is 8.42 Å². The summed E-state index contributed by atoms with van der Waals surface area (Å²) in [6.07, 6.45) is 2.06. The summed E-state index contributed by atoms with van der Waals surface area (Å²) in [4.78, 5) is 24.6. The van der Waals surface area contributed by atoms with E-state index in [4.69, 9.17) is 0 Å². The van der Waals surface area contributed by atoms with Crippen LogP contribution in [-0.2, 0) is 9.84 Å². The molecule has 0 aliphatic carbocycles. The molecule has 0 aromatic heterocycles. The summed E-state index contributed by atoms with van der Waals surface area (Å²) in [6.45, 7) is 2.44. The Labute approximate surface area is 135 Å². The summed E-state index contributed by atoms with van der Waals surface area (Å²) in [6, 6.07) is 5.21. The first-order valence-electron chi connectivity index (χ1n) is 7.60. The number of unbranched alkanes of at least 4 members (excludes halogenated alkanes) is 1. The molecule has 1 aliphatic heterocycles. The predicted molar refractivity (Wildman–Crippen MR) is 86.1 cm³/mol. The van der Waals surface area contributed by atoms with Gasteiger partial charge in [-0.2, -0.15) is 0 Å². The van der Waals surface area contributed by atoms with Gasteiger partial charge in [0.05, 0.1) is 16.4 Å². The van der Waals surface area contributed by atoms with Crippen molar-refractivity contribution in [3.8, 4) is 0 Å². The third kappa shape index (κ3) is 4.28. The fraction of sp³-hybridized carbons (Fsp3) is 0.533. The van der Waals surface area contributed by atoms with E-state index in [9.17, 15) is 23.3 Å². The van der Waals surface area contributed by atoms with E-state index >= 15 is 0 Å². The van der Waals surface area contributed by atoms with Crippen molar-refractivity contribution in [3.05, 3.63) is 39.9 Å². The molecule has 23 heavy (non-hydrogen) atoms. The molecule has 126 valence electrons. The smallest absolute Gasteiger partial charge is 0.270 e. The number of nitro benzene ring substituents is 1. The third-order valence-corrected chi connectivity index (χ3v) is 5.72. The van der Waals surface area contributed by atoms with Gasteiger partial charge in [0.25, 0.3) is 11.6 Å². The van der Waals surface area contributed by atoms with Gasteiger partial charge in [-0.05, 0) is 18.9 Å². The van der Waals surface area contributed by atoms with Gasteiger partial charge in [-0.3, -0.25) is 14.9 Å². The lowest BCUT2D eigenvalue weighted by Gasteiger charge is -2.28. The monoisotopic (exact) mass is 340 g/mol. The summed E-state index contributed by atoms with van der Waals surface area (Å²) in [5.74, 6) is -0.288. The topological polar surface area (TPSA) is 97.6 Å². The van der Waals surface area contributed by atoms with Gasteiger partial charge in [0.1, 0.15) is 0 Å². The molecule has 1 aromatic rings. The van der Waals surface area contributed by atoms with Gasteiger partial charge in [0, 0.05) is 30.3 Å². The Morgan fingerprint density at radius 3 is 2.74 bits per heavy atom. The van der Waals surface area contributed by atoms with Crippen LogP contribution in [-0.4, -0.2) is 48.2 Å². The van der Waals surface area contributed by atoms with Crippen LogP contribution in [0.15, 0.2) is 24.3 Å². The molecule has 0 spiro atoms. The molecule has 1 aromatic carbocycles. The lowest BCUT2D eigenvalue weighted by Crippen LogP contribution is -2.41. The zero-order valence-electron chi connectivity index (χ0n) is 13.0. The van der Waals surface area contributed by atoms with Gasteiger partial charge in [-0.15, -0.1) is 0 Å². The van der Waals surface area contributed by atoms with Crippen molar-refractivity contribution in [2.75, 3.05) is 18.1 Å². The molecule has 8 heteroatoms. The molecule has 1 unspecified atom stereocenters. The molecule has 1 fully saturated rings. The molecular formula is C15H20N2O5S. The van der Waals surface area contributed by atoms with E-state index in [0.717, 1.165) is 12.8 Å². The van der Waals surface area contributed by atoms with Crippen LogP contribution in [0.3, 0.4) is 0 Å². The molecular weight excluding hydrogens is 320 g/mol. The number of sulfone groups is 1. The van der Waals surface area contributed by atoms with Gasteiger partial charge in [-0.1, -0.05) is 19.4 Å². The van der Waals surface area contributed by atoms with Crippen LogP contribution in [0.1, 0.15) is 36.5 Å². The number of carbonyl (C=O) groups is 1. The molecule has 2 rings (SSSR count).